The molecule has 2 aromatic rings. The first kappa shape index (κ1) is 25.4. The Kier molecular flexibility index (Phi) is 9.16. The summed E-state index contributed by atoms with van der Waals surface area (Å²) < 4.78 is 16.3. The Bertz CT molecular complexity index is 971. The molecule has 1 saturated heterocycles. The van der Waals surface area contributed by atoms with Gasteiger partial charge in [-0.15, -0.1) is 0 Å². The zero-order valence-corrected chi connectivity index (χ0v) is 20.4. The third kappa shape index (κ3) is 7.12. The van der Waals surface area contributed by atoms with E-state index >= 15 is 0 Å². The van der Waals surface area contributed by atoms with Crippen molar-refractivity contribution in [2.45, 2.75) is 32.7 Å². The van der Waals surface area contributed by atoms with Crippen molar-refractivity contribution in [1.82, 2.24) is 10.2 Å². The Morgan fingerprint density at radius 1 is 1.00 bits per heavy atom. The molecule has 2 aromatic carbocycles. The number of nitrogens with one attached hydrogen (secondary N) is 2. The lowest BCUT2D eigenvalue weighted by atomic mass is 10.0. The number of amides is 2. The van der Waals surface area contributed by atoms with E-state index in [2.05, 4.69) is 29.4 Å². The predicted molar refractivity (Wildman–Crippen MR) is 132 cm³/mol. The summed E-state index contributed by atoms with van der Waals surface area (Å²) in [6.45, 7) is 7.32. The van der Waals surface area contributed by atoms with Crippen molar-refractivity contribution in [3.05, 3.63) is 48.0 Å². The second kappa shape index (κ2) is 12.3. The van der Waals surface area contributed by atoms with Crippen molar-refractivity contribution >= 4 is 17.5 Å². The number of benzene rings is 2. The van der Waals surface area contributed by atoms with Crippen LogP contribution in [-0.2, 0) is 4.79 Å². The summed E-state index contributed by atoms with van der Waals surface area (Å²) in [5.74, 6) is 1.51. The van der Waals surface area contributed by atoms with Gasteiger partial charge in [0.15, 0.2) is 18.1 Å². The standard InChI is InChI=1S/C26H35N3O5/c1-18(2)16-29-13-11-20(12-14-29)27-26(31)19-9-10-23(24(15-19)33-4)34-17-25(30)28-21-7-5-6-8-22(21)32-3/h5-10,15,18,20H,11-14,16-17H2,1-4H3,(H,27,31)(H,28,30). The molecule has 3 rings (SSSR count). The van der Waals surface area contributed by atoms with Gasteiger partial charge in [0, 0.05) is 31.2 Å². The van der Waals surface area contributed by atoms with Crippen LogP contribution in [-0.4, -0.2) is 63.2 Å². The Morgan fingerprint density at radius 3 is 2.38 bits per heavy atom. The summed E-state index contributed by atoms with van der Waals surface area (Å²) in [5, 5.41) is 5.89. The van der Waals surface area contributed by atoms with Crippen LogP contribution in [0.15, 0.2) is 42.5 Å². The van der Waals surface area contributed by atoms with Gasteiger partial charge in [-0.2, -0.15) is 0 Å². The van der Waals surface area contributed by atoms with Gasteiger partial charge in [0.25, 0.3) is 11.8 Å². The zero-order valence-electron chi connectivity index (χ0n) is 20.4. The number of piperidine rings is 1. The molecule has 0 spiro atoms. The van der Waals surface area contributed by atoms with Crippen molar-refractivity contribution in [2.75, 3.05) is 45.8 Å². The van der Waals surface area contributed by atoms with Crippen LogP contribution in [0.5, 0.6) is 17.2 Å². The van der Waals surface area contributed by atoms with Crippen molar-refractivity contribution in [3.63, 3.8) is 0 Å². The highest BCUT2D eigenvalue weighted by Crippen LogP contribution is 2.29. The van der Waals surface area contributed by atoms with E-state index in [0.29, 0.717) is 34.4 Å². The minimum absolute atomic E-state index is 0.138. The van der Waals surface area contributed by atoms with E-state index in [1.165, 1.54) is 7.11 Å². The fourth-order valence-corrected chi connectivity index (χ4v) is 4.05. The molecule has 0 bridgehead atoms. The van der Waals surface area contributed by atoms with Gasteiger partial charge in [0.2, 0.25) is 0 Å². The summed E-state index contributed by atoms with van der Waals surface area (Å²) in [6, 6.07) is 12.3. The molecule has 1 fully saturated rings. The van der Waals surface area contributed by atoms with E-state index in [1.807, 2.05) is 6.07 Å². The first-order chi connectivity index (χ1) is 16.4. The molecule has 8 heteroatoms. The number of para-hydroxylation sites is 2. The molecule has 34 heavy (non-hydrogen) atoms. The molecule has 0 unspecified atom stereocenters. The molecule has 0 saturated carbocycles. The average Bonchev–Trinajstić information content (AvgIpc) is 2.83. The van der Waals surface area contributed by atoms with Gasteiger partial charge in [-0.1, -0.05) is 26.0 Å². The number of hydrogen-bond donors (Lipinski definition) is 2. The van der Waals surface area contributed by atoms with Crippen molar-refractivity contribution in [1.29, 1.82) is 0 Å². The highest BCUT2D eigenvalue weighted by molar-refractivity contribution is 5.95. The van der Waals surface area contributed by atoms with Crippen LogP contribution in [0.1, 0.15) is 37.0 Å². The van der Waals surface area contributed by atoms with Gasteiger partial charge >= 0.3 is 0 Å². The lowest BCUT2D eigenvalue weighted by Gasteiger charge is -2.33. The topological polar surface area (TPSA) is 89.1 Å². The number of hydrogen-bond acceptors (Lipinski definition) is 6. The molecule has 1 aliphatic heterocycles. The van der Waals surface area contributed by atoms with Gasteiger partial charge in [-0.3, -0.25) is 9.59 Å². The van der Waals surface area contributed by atoms with Crippen LogP contribution in [0, 0.1) is 5.92 Å². The largest absolute Gasteiger partial charge is 0.495 e. The minimum Gasteiger partial charge on any atom is -0.495 e. The summed E-state index contributed by atoms with van der Waals surface area (Å²) >= 11 is 0. The summed E-state index contributed by atoms with van der Waals surface area (Å²) in [7, 11) is 3.04. The molecule has 0 atom stereocenters. The zero-order chi connectivity index (χ0) is 24.5. The number of methoxy groups -OCH3 is 2. The number of anilines is 1. The second-order valence-electron chi connectivity index (χ2n) is 8.84. The normalized spacial score (nSPS) is 14.5. The highest BCUT2D eigenvalue weighted by atomic mass is 16.5. The summed E-state index contributed by atoms with van der Waals surface area (Å²) in [4.78, 5) is 27.6. The Morgan fingerprint density at radius 2 is 1.71 bits per heavy atom. The molecule has 1 aliphatic rings. The maximum absolute atomic E-state index is 12.8. The fraction of sp³-hybridized carbons (Fsp3) is 0.462. The van der Waals surface area contributed by atoms with E-state index < -0.39 is 0 Å². The van der Waals surface area contributed by atoms with Crippen molar-refractivity contribution in [2.24, 2.45) is 5.92 Å². The molecular weight excluding hydrogens is 434 g/mol. The third-order valence-electron chi connectivity index (χ3n) is 5.71. The maximum atomic E-state index is 12.8. The van der Waals surface area contributed by atoms with E-state index in [-0.39, 0.29) is 24.5 Å². The molecule has 0 aromatic heterocycles. The lowest BCUT2D eigenvalue weighted by molar-refractivity contribution is -0.118. The van der Waals surface area contributed by atoms with Crippen LogP contribution in [0.4, 0.5) is 5.69 Å². The lowest BCUT2D eigenvalue weighted by Crippen LogP contribution is -2.45. The molecule has 0 radical (unpaired) electrons. The van der Waals surface area contributed by atoms with Crippen molar-refractivity contribution < 1.29 is 23.8 Å². The van der Waals surface area contributed by atoms with Crippen LogP contribution >= 0.6 is 0 Å². The number of ether oxygens (including phenoxy) is 3. The molecule has 2 N–H and O–H groups in total. The molecule has 184 valence electrons. The molecule has 2 amide bonds. The number of carbonyl (C=O) groups is 2. The van der Waals surface area contributed by atoms with Gasteiger partial charge in [0.1, 0.15) is 5.75 Å². The van der Waals surface area contributed by atoms with E-state index in [4.69, 9.17) is 14.2 Å². The highest BCUT2D eigenvalue weighted by Gasteiger charge is 2.22. The molecule has 8 nitrogen and oxygen atoms in total. The smallest absolute Gasteiger partial charge is 0.262 e. The van der Waals surface area contributed by atoms with Crippen LogP contribution in [0.3, 0.4) is 0 Å². The van der Waals surface area contributed by atoms with Gasteiger partial charge in [-0.05, 0) is 49.1 Å². The number of rotatable bonds is 10. The quantitative estimate of drug-likeness (QED) is 0.553. The number of nitrogens with zero attached hydrogens (tertiary/aromatic N) is 1. The monoisotopic (exact) mass is 469 g/mol. The van der Waals surface area contributed by atoms with Gasteiger partial charge in [0.05, 0.1) is 19.9 Å². The molecule has 1 heterocycles. The van der Waals surface area contributed by atoms with Gasteiger partial charge in [-0.25, -0.2) is 0 Å². The molecule has 0 aliphatic carbocycles. The van der Waals surface area contributed by atoms with Crippen LogP contribution in [0.2, 0.25) is 0 Å². The van der Waals surface area contributed by atoms with E-state index in [9.17, 15) is 9.59 Å². The first-order valence-electron chi connectivity index (χ1n) is 11.7. The Hall–Kier alpha value is -3.26. The van der Waals surface area contributed by atoms with Gasteiger partial charge < -0.3 is 29.7 Å². The third-order valence-corrected chi connectivity index (χ3v) is 5.71. The van der Waals surface area contributed by atoms with Crippen LogP contribution < -0.4 is 24.8 Å². The minimum atomic E-state index is -0.336. The van der Waals surface area contributed by atoms with E-state index in [1.54, 1.807) is 43.5 Å². The Labute approximate surface area is 201 Å². The number of likely N-dealkylation sites (tertiary alicyclic amines) is 1. The summed E-state index contributed by atoms with van der Waals surface area (Å²) in [6.07, 6.45) is 1.89. The SMILES string of the molecule is COc1ccccc1NC(=O)COc1ccc(C(=O)NC2CCN(CC(C)C)CC2)cc1OC. The first-order valence-corrected chi connectivity index (χ1v) is 11.7. The number of carbonyl (C=O) groups excluding carboxylic acids is 2. The van der Waals surface area contributed by atoms with Crippen LogP contribution in [0.25, 0.3) is 0 Å². The summed E-state index contributed by atoms with van der Waals surface area (Å²) in [5.41, 5.74) is 1.06. The predicted octanol–water partition coefficient (Wildman–Crippen LogP) is 3.57. The molecular formula is C26H35N3O5. The Balaban J connectivity index is 1.53. The van der Waals surface area contributed by atoms with Crippen molar-refractivity contribution in [3.8, 4) is 17.2 Å². The maximum Gasteiger partial charge on any atom is 0.262 e. The fourth-order valence-electron chi connectivity index (χ4n) is 4.05. The average molecular weight is 470 g/mol. The second-order valence-corrected chi connectivity index (χ2v) is 8.84. The van der Waals surface area contributed by atoms with E-state index in [0.717, 1.165) is 32.5 Å².